The average Bonchev–Trinajstić information content (AvgIpc) is 3.23. The highest BCUT2D eigenvalue weighted by Gasteiger charge is 2.21. The smallest absolute Gasteiger partial charge is 0.242 e. The van der Waals surface area contributed by atoms with Crippen molar-refractivity contribution in [1.29, 1.82) is 0 Å². The van der Waals surface area contributed by atoms with Gasteiger partial charge in [0, 0.05) is 48.2 Å². The maximum Gasteiger partial charge on any atom is 0.242 e. The summed E-state index contributed by atoms with van der Waals surface area (Å²) in [6.07, 6.45) is 3.76. The lowest BCUT2D eigenvalue weighted by molar-refractivity contribution is -0.118. The molecule has 33 heavy (non-hydrogen) atoms. The summed E-state index contributed by atoms with van der Waals surface area (Å²) in [5, 5.41) is 12.0. The number of nitrogens with one attached hydrogen (secondary N) is 2. The molecule has 1 fully saturated rings. The topological polar surface area (TPSA) is 122 Å². The Morgan fingerprint density at radius 3 is 2.67 bits per heavy atom. The summed E-state index contributed by atoms with van der Waals surface area (Å²) in [4.78, 5) is 22.2. The van der Waals surface area contributed by atoms with Crippen LogP contribution in [0.3, 0.4) is 0 Å². The van der Waals surface area contributed by atoms with E-state index in [9.17, 15) is 4.79 Å². The molecule has 5 rings (SSSR count). The Hall–Kier alpha value is -3.24. The van der Waals surface area contributed by atoms with E-state index in [1.54, 1.807) is 17.2 Å². The van der Waals surface area contributed by atoms with E-state index >= 15 is 0 Å². The minimum absolute atomic E-state index is 0.000692. The van der Waals surface area contributed by atoms with Crippen LogP contribution in [0.1, 0.15) is 11.8 Å². The van der Waals surface area contributed by atoms with Crippen LogP contribution in [0, 0.1) is 0 Å². The van der Waals surface area contributed by atoms with E-state index in [0.717, 1.165) is 23.0 Å². The molecule has 4 heterocycles. The van der Waals surface area contributed by atoms with Crippen LogP contribution in [0.15, 0.2) is 48.9 Å². The fourth-order valence-electron chi connectivity index (χ4n) is 3.72. The molecule has 11 heteroatoms. The number of hydrogen-bond donors (Lipinski definition) is 3. The number of amides is 1. The van der Waals surface area contributed by atoms with Crippen molar-refractivity contribution in [1.82, 2.24) is 25.5 Å². The zero-order chi connectivity index (χ0) is 22.9. The van der Waals surface area contributed by atoms with Crippen LogP contribution in [0.25, 0.3) is 22.2 Å². The molecule has 9 nitrogen and oxygen atoms in total. The molecular formula is C22H19Cl2N7O2. The van der Waals surface area contributed by atoms with E-state index in [0.29, 0.717) is 46.0 Å². The van der Waals surface area contributed by atoms with E-state index < -0.39 is 6.23 Å². The highest BCUT2D eigenvalue weighted by Crippen LogP contribution is 2.33. The Labute approximate surface area is 198 Å². The molecule has 0 aliphatic carbocycles. The van der Waals surface area contributed by atoms with Crippen LogP contribution in [-0.2, 0) is 4.79 Å². The van der Waals surface area contributed by atoms with E-state index in [4.69, 9.17) is 33.7 Å². The first-order valence-electron chi connectivity index (χ1n) is 10.2. The van der Waals surface area contributed by atoms with Gasteiger partial charge in [-0.2, -0.15) is 5.10 Å². The second kappa shape index (κ2) is 8.95. The highest BCUT2D eigenvalue weighted by atomic mass is 35.5. The number of halogens is 2. The van der Waals surface area contributed by atoms with Crippen LogP contribution in [0.4, 0.5) is 5.82 Å². The van der Waals surface area contributed by atoms with Crippen molar-refractivity contribution in [2.75, 3.05) is 24.5 Å². The van der Waals surface area contributed by atoms with Gasteiger partial charge in [0.05, 0.1) is 22.1 Å². The van der Waals surface area contributed by atoms with Gasteiger partial charge in [-0.1, -0.05) is 23.2 Å². The number of H-pyrrole nitrogens is 1. The Morgan fingerprint density at radius 1 is 1.12 bits per heavy atom. The minimum atomic E-state index is -0.877. The number of fused-ring (bicyclic) bond motifs is 1. The molecule has 1 amide bonds. The van der Waals surface area contributed by atoms with Crippen LogP contribution >= 0.6 is 23.2 Å². The SMILES string of the molecule is N[C@@H](Oc1ccc2[nH]nc(-c3ccc(N4CCNCC4=O)nc3)c2c1)c1c(Cl)cncc1Cl. The second-order valence-electron chi connectivity index (χ2n) is 7.46. The van der Waals surface area contributed by atoms with Gasteiger partial charge in [0.1, 0.15) is 17.3 Å². The number of carbonyl (C=O) groups is 1. The van der Waals surface area contributed by atoms with E-state index in [2.05, 4.69) is 25.5 Å². The maximum atomic E-state index is 12.1. The molecule has 1 aliphatic rings. The van der Waals surface area contributed by atoms with Crippen molar-refractivity contribution in [3.8, 4) is 17.0 Å². The Kier molecular flexibility index (Phi) is 5.86. The predicted molar refractivity (Wildman–Crippen MR) is 126 cm³/mol. The molecule has 1 atom stereocenters. The van der Waals surface area contributed by atoms with Crippen molar-refractivity contribution < 1.29 is 9.53 Å². The van der Waals surface area contributed by atoms with Gasteiger partial charge in [0.2, 0.25) is 5.91 Å². The lowest BCUT2D eigenvalue weighted by atomic mass is 10.1. The number of anilines is 1. The van der Waals surface area contributed by atoms with Gasteiger partial charge in [-0.3, -0.25) is 25.5 Å². The monoisotopic (exact) mass is 483 g/mol. The molecule has 1 saturated heterocycles. The van der Waals surface area contributed by atoms with E-state index in [1.165, 1.54) is 12.4 Å². The van der Waals surface area contributed by atoms with Gasteiger partial charge < -0.3 is 10.1 Å². The molecule has 0 spiro atoms. The fourth-order valence-corrected chi connectivity index (χ4v) is 4.30. The summed E-state index contributed by atoms with van der Waals surface area (Å²) in [6, 6.07) is 9.19. The summed E-state index contributed by atoms with van der Waals surface area (Å²) < 4.78 is 5.91. The van der Waals surface area contributed by atoms with Crippen LogP contribution in [0.2, 0.25) is 10.0 Å². The molecule has 0 saturated carbocycles. The summed E-state index contributed by atoms with van der Waals surface area (Å²) in [7, 11) is 0. The number of carbonyl (C=O) groups excluding carboxylic acids is 1. The third kappa shape index (κ3) is 4.23. The van der Waals surface area contributed by atoms with E-state index in [-0.39, 0.29) is 5.91 Å². The van der Waals surface area contributed by atoms with Gasteiger partial charge in [-0.25, -0.2) is 4.98 Å². The van der Waals surface area contributed by atoms with Gasteiger partial charge in [-0.15, -0.1) is 0 Å². The molecule has 168 valence electrons. The number of nitrogens with zero attached hydrogens (tertiary/aromatic N) is 4. The maximum absolute atomic E-state index is 12.1. The first kappa shape index (κ1) is 21.6. The summed E-state index contributed by atoms with van der Waals surface area (Å²) in [6.45, 7) is 1.64. The number of pyridine rings is 2. The molecular weight excluding hydrogens is 465 g/mol. The zero-order valence-electron chi connectivity index (χ0n) is 17.3. The Balaban J connectivity index is 1.42. The van der Waals surface area contributed by atoms with Crippen LogP contribution < -0.4 is 20.7 Å². The van der Waals surface area contributed by atoms with Gasteiger partial charge >= 0.3 is 0 Å². The van der Waals surface area contributed by atoms with Gasteiger partial charge in [-0.05, 0) is 30.3 Å². The number of nitrogens with two attached hydrogens (primary N) is 1. The van der Waals surface area contributed by atoms with Crippen molar-refractivity contribution in [2.45, 2.75) is 6.23 Å². The second-order valence-corrected chi connectivity index (χ2v) is 8.28. The number of hydrogen-bond acceptors (Lipinski definition) is 7. The van der Waals surface area contributed by atoms with Crippen molar-refractivity contribution in [3.63, 3.8) is 0 Å². The number of rotatable bonds is 5. The lowest BCUT2D eigenvalue weighted by Crippen LogP contribution is -2.48. The van der Waals surface area contributed by atoms with Crippen molar-refractivity contribution >= 4 is 45.8 Å². The first-order chi connectivity index (χ1) is 16.0. The third-order valence-corrected chi connectivity index (χ3v) is 5.96. The predicted octanol–water partition coefficient (Wildman–Crippen LogP) is 3.30. The van der Waals surface area contributed by atoms with Crippen LogP contribution in [0.5, 0.6) is 5.75 Å². The molecule has 1 aliphatic heterocycles. The Bertz CT molecular complexity index is 1310. The number of ether oxygens (including phenoxy) is 1. The average molecular weight is 484 g/mol. The zero-order valence-corrected chi connectivity index (χ0v) is 18.8. The van der Waals surface area contributed by atoms with Crippen molar-refractivity contribution in [3.05, 3.63) is 64.5 Å². The molecule has 1 aromatic carbocycles. The minimum Gasteiger partial charge on any atom is -0.471 e. The Morgan fingerprint density at radius 2 is 1.94 bits per heavy atom. The summed E-state index contributed by atoms with van der Waals surface area (Å²) in [5.74, 6) is 1.14. The van der Waals surface area contributed by atoms with Crippen LogP contribution in [-0.4, -0.2) is 45.7 Å². The number of benzene rings is 1. The molecule has 0 unspecified atom stereocenters. The number of aromatic amines is 1. The van der Waals surface area contributed by atoms with Gasteiger partial charge in [0.25, 0.3) is 0 Å². The molecule has 4 N–H and O–H groups in total. The normalized spacial score (nSPS) is 15.1. The lowest BCUT2D eigenvalue weighted by Gasteiger charge is -2.26. The largest absolute Gasteiger partial charge is 0.471 e. The molecule has 0 bridgehead atoms. The standard InChI is InChI=1S/C22H19Cl2N7O2/c23-15-9-27-10-16(24)20(15)22(25)33-13-2-3-17-14(7-13)21(30-29-17)12-1-4-18(28-8-12)31-6-5-26-11-19(31)32/h1-4,7-10,22,26H,5-6,11,25H2,(H,29,30)/t22-/m0/s1. The highest BCUT2D eigenvalue weighted by molar-refractivity contribution is 6.35. The summed E-state index contributed by atoms with van der Waals surface area (Å²) >= 11 is 12.4. The quantitative estimate of drug-likeness (QED) is 0.372. The summed E-state index contributed by atoms with van der Waals surface area (Å²) in [5.41, 5.74) is 9.00. The van der Waals surface area contributed by atoms with Gasteiger partial charge in [0.15, 0.2) is 6.23 Å². The molecule has 4 aromatic rings. The first-order valence-corrected chi connectivity index (χ1v) is 10.9. The molecule has 0 radical (unpaired) electrons. The van der Waals surface area contributed by atoms with Crippen molar-refractivity contribution in [2.24, 2.45) is 5.73 Å². The fraction of sp³-hybridized carbons (Fsp3) is 0.182. The number of aromatic nitrogens is 4. The molecule has 3 aromatic heterocycles. The van der Waals surface area contributed by atoms with E-state index in [1.807, 2.05) is 24.3 Å². The number of piperazine rings is 1. The third-order valence-electron chi connectivity index (χ3n) is 5.36.